The highest BCUT2D eigenvalue weighted by Crippen LogP contribution is 2.21. The van der Waals surface area contributed by atoms with Crippen LogP contribution in [0.25, 0.3) is 0 Å². The summed E-state index contributed by atoms with van der Waals surface area (Å²) in [5, 5.41) is 2.93. The van der Waals surface area contributed by atoms with Crippen LogP contribution in [0.3, 0.4) is 0 Å². The van der Waals surface area contributed by atoms with Gasteiger partial charge in [-0.05, 0) is 34.1 Å². The van der Waals surface area contributed by atoms with E-state index in [9.17, 15) is 4.39 Å². The first kappa shape index (κ1) is 12.8. The van der Waals surface area contributed by atoms with Gasteiger partial charge < -0.3 is 10.1 Å². The van der Waals surface area contributed by atoms with Gasteiger partial charge in [-0.3, -0.25) is 0 Å². The molecule has 1 aromatic heterocycles. The fourth-order valence-electron chi connectivity index (χ4n) is 1.39. The molecule has 0 spiro atoms. The van der Waals surface area contributed by atoms with Crippen LogP contribution in [-0.2, 0) is 6.61 Å². The predicted octanol–water partition coefficient (Wildman–Crippen LogP) is 3.60. The molecule has 1 aromatic carbocycles. The van der Waals surface area contributed by atoms with E-state index < -0.39 is 0 Å². The third kappa shape index (κ3) is 3.20. The summed E-state index contributed by atoms with van der Waals surface area (Å²) in [5.74, 6) is 0.956. The molecule has 0 aliphatic carbocycles. The van der Waals surface area contributed by atoms with E-state index in [0.717, 1.165) is 11.4 Å². The van der Waals surface area contributed by atoms with Crippen LogP contribution in [0.2, 0.25) is 0 Å². The number of nitrogens with one attached hydrogen (secondary N) is 1. The zero-order chi connectivity index (χ0) is 13.0. The van der Waals surface area contributed by atoms with Gasteiger partial charge in [0.25, 0.3) is 0 Å². The highest BCUT2D eigenvalue weighted by atomic mass is 79.9. The van der Waals surface area contributed by atoms with Gasteiger partial charge in [0, 0.05) is 24.9 Å². The number of anilines is 1. The SMILES string of the molecule is CNc1ccc(COc2ccc(Br)c(F)c2)cn1. The van der Waals surface area contributed by atoms with Crippen molar-refractivity contribution in [2.24, 2.45) is 0 Å². The second-order valence-electron chi connectivity index (χ2n) is 3.67. The quantitative estimate of drug-likeness (QED) is 0.937. The third-order valence-electron chi connectivity index (χ3n) is 2.38. The lowest BCUT2D eigenvalue weighted by Gasteiger charge is -2.07. The number of rotatable bonds is 4. The van der Waals surface area contributed by atoms with Gasteiger partial charge in [-0.15, -0.1) is 0 Å². The Balaban J connectivity index is 1.99. The minimum atomic E-state index is -0.337. The molecule has 0 unspecified atom stereocenters. The molecular weight excluding hydrogens is 299 g/mol. The van der Waals surface area contributed by atoms with E-state index in [2.05, 4.69) is 26.2 Å². The van der Waals surface area contributed by atoms with Crippen LogP contribution in [0, 0.1) is 5.82 Å². The Labute approximate surface area is 113 Å². The summed E-state index contributed by atoms with van der Waals surface area (Å²) in [4.78, 5) is 4.17. The van der Waals surface area contributed by atoms with E-state index >= 15 is 0 Å². The second-order valence-corrected chi connectivity index (χ2v) is 4.52. The van der Waals surface area contributed by atoms with E-state index in [-0.39, 0.29) is 5.82 Å². The van der Waals surface area contributed by atoms with Crippen LogP contribution in [-0.4, -0.2) is 12.0 Å². The third-order valence-corrected chi connectivity index (χ3v) is 3.02. The molecule has 0 radical (unpaired) electrons. The molecule has 94 valence electrons. The molecule has 0 amide bonds. The maximum Gasteiger partial charge on any atom is 0.141 e. The maximum atomic E-state index is 13.3. The van der Waals surface area contributed by atoms with Crippen molar-refractivity contribution < 1.29 is 9.13 Å². The van der Waals surface area contributed by atoms with Gasteiger partial charge in [-0.1, -0.05) is 6.07 Å². The van der Waals surface area contributed by atoms with Crippen LogP contribution < -0.4 is 10.1 Å². The van der Waals surface area contributed by atoms with Crippen molar-refractivity contribution in [2.45, 2.75) is 6.61 Å². The molecular formula is C13H12BrFN2O. The normalized spacial score (nSPS) is 10.2. The van der Waals surface area contributed by atoms with E-state index in [1.807, 2.05) is 19.2 Å². The largest absolute Gasteiger partial charge is 0.489 e. The lowest BCUT2D eigenvalue weighted by atomic mass is 10.3. The lowest BCUT2D eigenvalue weighted by molar-refractivity contribution is 0.304. The fourth-order valence-corrected chi connectivity index (χ4v) is 1.64. The van der Waals surface area contributed by atoms with Gasteiger partial charge in [0.2, 0.25) is 0 Å². The molecule has 0 saturated carbocycles. The zero-order valence-electron chi connectivity index (χ0n) is 9.78. The fraction of sp³-hybridized carbons (Fsp3) is 0.154. The summed E-state index contributed by atoms with van der Waals surface area (Å²) in [5.41, 5.74) is 0.928. The van der Waals surface area contributed by atoms with Crippen molar-refractivity contribution in [3.05, 3.63) is 52.4 Å². The van der Waals surface area contributed by atoms with Crippen LogP contribution in [0.1, 0.15) is 5.56 Å². The van der Waals surface area contributed by atoms with Crippen LogP contribution in [0.15, 0.2) is 41.0 Å². The summed E-state index contributed by atoms with van der Waals surface area (Å²) < 4.78 is 19.2. The lowest BCUT2D eigenvalue weighted by Crippen LogP contribution is -1.98. The predicted molar refractivity (Wildman–Crippen MR) is 72.2 cm³/mol. The standard InChI is InChI=1S/C13H12BrFN2O/c1-16-13-5-2-9(7-17-13)8-18-10-3-4-11(14)12(15)6-10/h2-7H,8H2,1H3,(H,16,17). The molecule has 18 heavy (non-hydrogen) atoms. The molecule has 0 aliphatic heterocycles. The molecule has 2 rings (SSSR count). The molecule has 1 N–H and O–H groups in total. The number of ether oxygens (including phenoxy) is 1. The summed E-state index contributed by atoms with van der Waals surface area (Å²) in [6, 6.07) is 8.45. The number of halogens is 2. The monoisotopic (exact) mass is 310 g/mol. The molecule has 0 atom stereocenters. The molecule has 2 aromatic rings. The van der Waals surface area contributed by atoms with Gasteiger partial charge in [-0.2, -0.15) is 0 Å². The van der Waals surface area contributed by atoms with Crippen LogP contribution in [0.4, 0.5) is 10.2 Å². The Morgan fingerprint density at radius 3 is 2.78 bits per heavy atom. The van der Waals surface area contributed by atoms with E-state index in [1.54, 1.807) is 18.3 Å². The summed E-state index contributed by atoms with van der Waals surface area (Å²) in [7, 11) is 1.81. The van der Waals surface area contributed by atoms with Crippen molar-refractivity contribution in [3.8, 4) is 5.75 Å². The first-order valence-corrected chi connectivity index (χ1v) is 6.19. The van der Waals surface area contributed by atoms with Gasteiger partial charge >= 0.3 is 0 Å². The maximum absolute atomic E-state index is 13.3. The van der Waals surface area contributed by atoms with Crippen molar-refractivity contribution in [1.82, 2.24) is 4.98 Å². The molecule has 0 bridgehead atoms. The number of benzene rings is 1. The zero-order valence-corrected chi connectivity index (χ0v) is 11.4. The van der Waals surface area contributed by atoms with Gasteiger partial charge in [0.15, 0.2) is 0 Å². The van der Waals surface area contributed by atoms with E-state index in [0.29, 0.717) is 16.8 Å². The van der Waals surface area contributed by atoms with Gasteiger partial charge in [-0.25, -0.2) is 9.37 Å². The molecule has 3 nitrogen and oxygen atoms in total. The van der Waals surface area contributed by atoms with E-state index in [1.165, 1.54) is 6.07 Å². The molecule has 0 saturated heterocycles. The topological polar surface area (TPSA) is 34.1 Å². The Bertz CT molecular complexity index is 531. The van der Waals surface area contributed by atoms with Crippen molar-refractivity contribution in [1.29, 1.82) is 0 Å². The Morgan fingerprint density at radius 2 is 2.17 bits per heavy atom. The number of hydrogen-bond donors (Lipinski definition) is 1. The Hall–Kier alpha value is -1.62. The number of aromatic nitrogens is 1. The summed E-state index contributed by atoms with van der Waals surface area (Å²) in [6.07, 6.45) is 1.72. The van der Waals surface area contributed by atoms with Gasteiger partial charge in [0.1, 0.15) is 24.0 Å². The van der Waals surface area contributed by atoms with Crippen molar-refractivity contribution in [2.75, 3.05) is 12.4 Å². The first-order chi connectivity index (χ1) is 8.69. The molecule has 5 heteroatoms. The van der Waals surface area contributed by atoms with Crippen LogP contribution >= 0.6 is 15.9 Å². The van der Waals surface area contributed by atoms with E-state index in [4.69, 9.17) is 4.74 Å². The minimum absolute atomic E-state index is 0.337. The number of nitrogens with zero attached hydrogens (tertiary/aromatic N) is 1. The second kappa shape index (κ2) is 5.82. The van der Waals surface area contributed by atoms with Crippen LogP contribution in [0.5, 0.6) is 5.75 Å². The Morgan fingerprint density at radius 1 is 1.33 bits per heavy atom. The number of pyridine rings is 1. The highest BCUT2D eigenvalue weighted by Gasteiger charge is 2.02. The van der Waals surface area contributed by atoms with Crippen molar-refractivity contribution >= 4 is 21.7 Å². The average molecular weight is 311 g/mol. The van der Waals surface area contributed by atoms with Crippen molar-refractivity contribution in [3.63, 3.8) is 0 Å². The first-order valence-electron chi connectivity index (χ1n) is 5.39. The summed E-state index contributed by atoms with van der Waals surface area (Å²) in [6.45, 7) is 0.359. The minimum Gasteiger partial charge on any atom is -0.489 e. The average Bonchev–Trinajstić information content (AvgIpc) is 2.41. The molecule has 1 heterocycles. The molecule has 0 aliphatic rings. The number of hydrogen-bond acceptors (Lipinski definition) is 3. The highest BCUT2D eigenvalue weighted by molar-refractivity contribution is 9.10. The molecule has 0 fully saturated rings. The Kier molecular flexibility index (Phi) is 4.15. The summed E-state index contributed by atoms with van der Waals surface area (Å²) >= 11 is 3.09. The smallest absolute Gasteiger partial charge is 0.141 e. The van der Waals surface area contributed by atoms with Gasteiger partial charge in [0.05, 0.1) is 4.47 Å².